The van der Waals surface area contributed by atoms with Crippen molar-refractivity contribution in [2.45, 2.75) is 19.9 Å². The average molecular weight is 453 g/mol. The molecule has 2 heterocycles. The Labute approximate surface area is 188 Å². The molecule has 0 amide bonds. The van der Waals surface area contributed by atoms with Crippen LogP contribution in [-0.2, 0) is 0 Å². The molecule has 4 aromatic rings. The largest absolute Gasteiger partial charge is 0.361 e. The molecule has 2 aromatic carbocycles. The maximum Gasteiger partial charge on any atom is 0.264 e. The first-order valence-corrected chi connectivity index (χ1v) is 10.3. The highest BCUT2D eigenvalue weighted by atomic mass is 35.5. The lowest BCUT2D eigenvalue weighted by molar-refractivity contribution is 0.101. The zero-order valence-electron chi connectivity index (χ0n) is 16.8. The second-order valence-electron chi connectivity index (χ2n) is 7.06. The van der Waals surface area contributed by atoms with Gasteiger partial charge in [0, 0.05) is 11.4 Å². The van der Waals surface area contributed by atoms with E-state index < -0.39 is 6.04 Å². The van der Waals surface area contributed by atoms with Crippen LogP contribution >= 0.6 is 23.2 Å². The van der Waals surface area contributed by atoms with Crippen molar-refractivity contribution < 1.29 is 4.79 Å². The van der Waals surface area contributed by atoms with Crippen LogP contribution in [0.1, 0.15) is 35.9 Å². The zero-order chi connectivity index (χ0) is 22.1. The van der Waals surface area contributed by atoms with Gasteiger partial charge in [0.1, 0.15) is 17.3 Å². The number of hydrogen-bond acceptors (Lipinski definition) is 5. The number of nitrogens with one attached hydrogen (secondary N) is 1. The van der Waals surface area contributed by atoms with E-state index in [4.69, 9.17) is 23.2 Å². The number of benzene rings is 2. The van der Waals surface area contributed by atoms with Crippen molar-refractivity contribution in [1.29, 1.82) is 0 Å². The van der Waals surface area contributed by atoms with E-state index in [0.29, 0.717) is 27.6 Å². The third-order valence-corrected chi connectivity index (χ3v) is 5.59. The highest BCUT2D eigenvalue weighted by Crippen LogP contribution is 2.28. The molecule has 1 atom stereocenters. The van der Waals surface area contributed by atoms with Gasteiger partial charge in [0.25, 0.3) is 5.56 Å². The Morgan fingerprint density at radius 2 is 1.81 bits per heavy atom. The molecule has 0 saturated carbocycles. The third-order valence-electron chi connectivity index (χ3n) is 4.99. The van der Waals surface area contributed by atoms with Crippen molar-refractivity contribution in [2.75, 3.05) is 5.32 Å². The molecule has 0 spiro atoms. The highest BCUT2D eigenvalue weighted by Gasteiger charge is 2.21. The number of hydrogen-bond donors (Lipinski definition) is 1. The quantitative estimate of drug-likeness (QED) is 0.321. The number of ketones is 1. The van der Waals surface area contributed by atoms with Crippen molar-refractivity contribution in [1.82, 2.24) is 14.5 Å². The van der Waals surface area contributed by atoms with Crippen LogP contribution in [0.15, 0.2) is 65.7 Å². The minimum atomic E-state index is -0.402. The van der Waals surface area contributed by atoms with Crippen molar-refractivity contribution in [2.24, 2.45) is 0 Å². The normalized spacial score (nSPS) is 12.0. The van der Waals surface area contributed by atoms with Gasteiger partial charge >= 0.3 is 0 Å². The molecule has 0 bridgehead atoms. The van der Waals surface area contributed by atoms with Gasteiger partial charge in [0.15, 0.2) is 5.78 Å². The van der Waals surface area contributed by atoms with Crippen LogP contribution in [-0.4, -0.2) is 20.3 Å². The van der Waals surface area contributed by atoms with Gasteiger partial charge in [-0.05, 0) is 43.5 Å². The predicted octanol–water partition coefficient (Wildman–Crippen LogP) is 5.46. The van der Waals surface area contributed by atoms with Crippen molar-refractivity contribution in [3.8, 4) is 5.69 Å². The number of nitrogens with zero attached hydrogens (tertiary/aromatic N) is 3. The first kappa shape index (κ1) is 21.0. The van der Waals surface area contributed by atoms with Crippen LogP contribution in [0.25, 0.3) is 16.5 Å². The predicted molar refractivity (Wildman–Crippen MR) is 124 cm³/mol. The summed E-state index contributed by atoms with van der Waals surface area (Å²) in [5.74, 6) is 0.0456. The number of anilines is 1. The van der Waals surface area contributed by atoms with Crippen molar-refractivity contribution >= 4 is 45.6 Å². The summed E-state index contributed by atoms with van der Waals surface area (Å²) >= 11 is 12.5. The number of para-hydroxylation sites is 1. The molecule has 1 N–H and O–H groups in total. The highest BCUT2D eigenvalue weighted by molar-refractivity contribution is 6.35. The van der Waals surface area contributed by atoms with Gasteiger partial charge < -0.3 is 5.32 Å². The standard InChI is InChI=1S/C23H18Cl2N4O2/c1-13(28-22-19(14(2)30)21(25)26-12-27-22)18-11-15-7-6-10-17(24)20(15)23(31)29(18)16-8-4-3-5-9-16/h3-13H,1-2H3,(H,26,27,28). The van der Waals surface area contributed by atoms with Gasteiger partial charge in [-0.3, -0.25) is 14.2 Å². The van der Waals surface area contributed by atoms with Crippen LogP contribution in [0.4, 0.5) is 5.82 Å². The Bertz CT molecular complexity index is 1350. The molecular formula is C23H18Cl2N4O2. The summed E-state index contributed by atoms with van der Waals surface area (Å²) in [5.41, 5.74) is 1.35. The molecule has 0 aliphatic rings. The van der Waals surface area contributed by atoms with Gasteiger partial charge in [-0.2, -0.15) is 0 Å². The fourth-order valence-corrected chi connectivity index (χ4v) is 4.10. The lowest BCUT2D eigenvalue weighted by Crippen LogP contribution is -2.26. The lowest BCUT2D eigenvalue weighted by atomic mass is 10.1. The minimum Gasteiger partial charge on any atom is -0.361 e. The first-order valence-electron chi connectivity index (χ1n) is 9.56. The molecule has 1 unspecified atom stereocenters. The molecule has 8 heteroatoms. The SMILES string of the molecule is CC(=O)c1c(Cl)ncnc1NC(C)c1cc2cccc(Cl)c2c(=O)n1-c1ccccc1. The maximum absolute atomic E-state index is 13.5. The summed E-state index contributed by atoms with van der Waals surface area (Å²) in [5, 5.41) is 4.84. The topological polar surface area (TPSA) is 76.9 Å². The summed E-state index contributed by atoms with van der Waals surface area (Å²) in [4.78, 5) is 33.7. The first-order chi connectivity index (χ1) is 14.9. The van der Waals surface area contributed by atoms with E-state index >= 15 is 0 Å². The van der Waals surface area contributed by atoms with Gasteiger partial charge in [0.05, 0.1) is 22.0 Å². The summed E-state index contributed by atoms with van der Waals surface area (Å²) in [6, 6.07) is 16.1. The molecule has 4 rings (SSSR count). The molecule has 0 aliphatic heterocycles. The molecule has 2 aromatic heterocycles. The number of halogens is 2. The summed E-state index contributed by atoms with van der Waals surface area (Å²) < 4.78 is 1.61. The maximum atomic E-state index is 13.5. The van der Waals surface area contributed by atoms with Gasteiger partial charge in [0.2, 0.25) is 0 Å². The molecule has 31 heavy (non-hydrogen) atoms. The van der Waals surface area contributed by atoms with E-state index in [1.165, 1.54) is 13.3 Å². The number of fused-ring (bicyclic) bond motifs is 1. The van der Waals surface area contributed by atoms with Gasteiger partial charge in [-0.25, -0.2) is 9.97 Å². The zero-order valence-corrected chi connectivity index (χ0v) is 18.3. The van der Waals surface area contributed by atoms with E-state index in [1.807, 2.05) is 49.4 Å². The number of rotatable bonds is 5. The minimum absolute atomic E-state index is 0.0722. The van der Waals surface area contributed by atoms with Crippen molar-refractivity contribution in [3.63, 3.8) is 0 Å². The molecular weight excluding hydrogens is 435 g/mol. The van der Waals surface area contributed by atoms with Crippen LogP contribution in [0.3, 0.4) is 0 Å². The Balaban J connectivity index is 1.93. The number of pyridine rings is 1. The van der Waals surface area contributed by atoms with Crippen LogP contribution in [0, 0.1) is 0 Å². The van der Waals surface area contributed by atoms with E-state index in [9.17, 15) is 9.59 Å². The van der Waals surface area contributed by atoms with E-state index in [0.717, 1.165) is 5.39 Å². The summed E-state index contributed by atoms with van der Waals surface area (Å²) in [6.07, 6.45) is 1.29. The molecule has 6 nitrogen and oxygen atoms in total. The molecule has 0 saturated heterocycles. The Kier molecular flexibility index (Phi) is 5.76. The summed E-state index contributed by atoms with van der Waals surface area (Å²) in [7, 11) is 0. The number of carbonyl (C=O) groups is 1. The van der Waals surface area contributed by atoms with Crippen LogP contribution in [0.2, 0.25) is 10.2 Å². The van der Waals surface area contributed by atoms with E-state index in [2.05, 4.69) is 15.3 Å². The van der Waals surface area contributed by atoms with Crippen LogP contribution in [0.5, 0.6) is 0 Å². The average Bonchev–Trinajstić information content (AvgIpc) is 2.74. The molecule has 0 aliphatic carbocycles. The van der Waals surface area contributed by atoms with E-state index in [1.54, 1.807) is 16.7 Å². The molecule has 156 valence electrons. The molecule has 0 fully saturated rings. The number of carbonyl (C=O) groups excluding carboxylic acids is 1. The van der Waals surface area contributed by atoms with Crippen molar-refractivity contribution in [3.05, 3.63) is 92.7 Å². The smallest absolute Gasteiger partial charge is 0.264 e. The van der Waals surface area contributed by atoms with Crippen LogP contribution < -0.4 is 10.9 Å². The van der Waals surface area contributed by atoms with E-state index in [-0.39, 0.29) is 22.1 Å². The monoisotopic (exact) mass is 452 g/mol. The fraction of sp³-hybridized carbons (Fsp3) is 0.130. The fourth-order valence-electron chi connectivity index (χ4n) is 3.57. The Morgan fingerprint density at radius 3 is 2.52 bits per heavy atom. The molecule has 0 radical (unpaired) electrons. The number of aromatic nitrogens is 3. The Morgan fingerprint density at radius 1 is 1.06 bits per heavy atom. The summed E-state index contributed by atoms with van der Waals surface area (Å²) in [6.45, 7) is 3.28. The second kappa shape index (κ2) is 8.49. The van der Waals surface area contributed by atoms with Gasteiger partial charge in [-0.1, -0.05) is 53.5 Å². The third kappa shape index (κ3) is 3.92. The van der Waals surface area contributed by atoms with Gasteiger partial charge in [-0.15, -0.1) is 0 Å². The Hall–Kier alpha value is -3.22. The number of Topliss-reactive ketones (excluding diaryl/α,β-unsaturated/α-hetero) is 1. The second-order valence-corrected chi connectivity index (χ2v) is 7.82. The lowest BCUT2D eigenvalue weighted by Gasteiger charge is -2.22.